The molecular weight excluding hydrogens is 362 g/mol. The minimum atomic E-state index is -1.03. The number of nitrogens with zero attached hydrogens (tertiary/aromatic N) is 3. The number of carbonyl (C=O) groups is 3. The van der Waals surface area contributed by atoms with Crippen LogP contribution in [0.25, 0.3) is 0 Å². The summed E-state index contributed by atoms with van der Waals surface area (Å²) in [5.74, 6) is -1.65. The smallest absolute Gasteiger partial charge is 0.306 e. The number of aliphatic carboxylic acids is 1. The average Bonchev–Trinajstić information content (AvgIpc) is 2.63. The topological polar surface area (TPSA) is 140 Å². The van der Waals surface area contributed by atoms with Crippen molar-refractivity contribution in [1.29, 1.82) is 0 Å². The van der Waals surface area contributed by atoms with E-state index in [1.807, 2.05) is 0 Å². The molecule has 3 rings (SSSR count). The minimum absolute atomic E-state index is 0.103. The Labute approximate surface area is 153 Å². The molecule has 0 saturated carbocycles. The third kappa shape index (κ3) is 4.14. The number of hydrogen-bond donors (Lipinski definition) is 1. The van der Waals surface area contributed by atoms with Gasteiger partial charge in [-0.05, 0) is 6.07 Å². The van der Waals surface area contributed by atoms with E-state index in [1.54, 1.807) is 0 Å². The van der Waals surface area contributed by atoms with Gasteiger partial charge in [-0.1, -0.05) is 0 Å². The van der Waals surface area contributed by atoms with E-state index in [0.717, 1.165) is 4.90 Å². The van der Waals surface area contributed by atoms with E-state index in [-0.39, 0.29) is 56.4 Å². The molecule has 11 nitrogen and oxygen atoms in total. The molecule has 0 aliphatic carbocycles. The Morgan fingerprint density at radius 1 is 1.37 bits per heavy atom. The van der Waals surface area contributed by atoms with E-state index in [9.17, 15) is 24.5 Å². The Morgan fingerprint density at radius 2 is 2.15 bits per heavy atom. The molecule has 0 radical (unpaired) electrons. The summed E-state index contributed by atoms with van der Waals surface area (Å²) >= 11 is 0. The van der Waals surface area contributed by atoms with Gasteiger partial charge in [0.05, 0.1) is 29.7 Å². The Bertz CT molecular complexity index is 796. The number of non-ortho nitro benzene ring substituents is 1. The molecule has 144 valence electrons. The van der Waals surface area contributed by atoms with E-state index in [1.165, 1.54) is 23.1 Å². The predicted octanol–water partition coefficient (Wildman–Crippen LogP) is 0.0223. The first-order chi connectivity index (χ1) is 12.8. The van der Waals surface area contributed by atoms with Crippen LogP contribution in [0, 0.1) is 10.1 Å². The van der Waals surface area contributed by atoms with Crippen LogP contribution < -0.4 is 9.64 Å². The Hall–Kier alpha value is -3.21. The molecular formula is C16H17N3O8. The second kappa shape index (κ2) is 7.58. The van der Waals surface area contributed by atoms with Gasteiger partial charge in [0.1, 0.15) is 12.3 Å². The number of anilines is 1. The summed E-state index contributed by atoms with van der Waals surface area (Å²) < 4.78 is 10.6. The van der Waals surface area contributed by atoms with E-state index in [4.69, 9.17) is 14.6 Å². The molecule has 1 atom stereocenters. The molecule has 2 heterocycles. The van der Waals surface area contributed by atoms with Crippen LogP contribution in [0.4, 0.5) is 11.4 Å². The molecule has 2 aliphatic rings. The maximum atomic E-state index is 12.6. The number of rotatable bonds is 5. The lowest BCUT2D eigenvalue weighted by atomic mass is 10.2. The molecule has 2 amide bonds. The third-order valence-corrected chi connectivity index (χ3v) is 4.28. The lowest BCUT2D eigenvalue weighted by Gasteiger charge is -2.35. The summed E-state index contributed by atoms with van der Waals surface area (Å²) in [5, 5.41) is 19.9. The van der Waals surface area contributed by atoms with Crippen molar-refractivity contribution >= 4 is 29.2 Å². The normalized spacial score (nSPS) is 19.3. The maximum absolute atomic E-state index is 12.6. The largest absolute Gasteiger partial charge is 0.482 e. The zero-order valence-electron chi connectivity index (χ0n) is 14.2. The van der Waals surface area contributed by atoms with E-state index < -0.39 is 28.8 Å². The second-order valence-electron chi connectivity index (χ2n) is 6.11. The summed E-state index contributed by atoms with van der Waals surface area (Å²) in [6, 6.07) is 3.83. The van der Waals surface area contributed by atoms with Gasteiger partial charge in [-0.3, -0.25) is 29.4 Å². The first-order valence-corrected chi connectivity index (χ1v) is 8.18. The molecule has 11 heteroatoms. The van der Waals surface area contributed by atoms with E-state index in [2.05, 4.69) is 0 Å². The van der Waals surface area contributed by atoms with Crippen molar-refractivity contribution in [3.8, 4) is 5.75 Å². The van der Waals surface area contributed by atoms with Crippen molar-refractivity contribution in [1.82, 2.24) is 4.90 Å². The molecule has 1 aromatic rings. The van der Waals surface area contributed by atoms with Gasteiger partial charge in [0.15, 0.2) is 6.61 Å². The first-order valence-electron chi connectivity index (χ1n) is 8.18. The number of benzene rings is 1. The second-order valence-corrected chi connectivity index (χ2v) is 6.11. The summed E-state index contributed by atoms with van der Waals surface area (Å²) in [6.45, 7) is -0.0253. The number of amides is 2. The fourth-order valence-electron chi connectivity index (χ4n) is 2.98. The highest BCUT2D eigenvalue weighted by molar-refractivity contribution is 6.02. The van der Waals surface area contributed by atoms with Crippen molar-refractivity contribution in [3.63, 3.8) is 0 Å². The van der Waals surface area contributed by atoms with Crippen molar-refractivity contribution in [2.75, 3.05) is 37.7 Å². The van der Waals surface area contributed by atoms with Gasteiger partial charge in [0.2, 0.25) is 5.91 Å². The molecule has 1 N–H and O–H groups in total. The molecule has 0 aromatic heterocycles. The summed E-state index contributed by atoms with van der Waals surface area (Å²) in [6.07, 6.45) is -0.844. The number of fused-ring (bicyclic) bond motifs is 1. The molecule has 1 saturated heterocycles. The van der Waals surface area contributed by atoms with Crippen LogP contribution in [-0.4, -0.2) is 71.7 Å². The fraction of sp³-hybridized carbons (Fsp3) is 0.438. The molecule has 1 unspecified atom stereocenters. The highest BCUT2D eigenvalue weighted by Gasteiger charge is 2.32. The third-order valence-electron chi connectivity index (χ3n) is 4.28. The zero-order valence-corrected chi connectivity index (χ0v) is 14.2. The van der Waals surface area contributed by atoms with E-state index in [0.29, 0.717) is 0 Å². The highest BCUT2D eigenvalue weighted by atomic mass is 16.6. The van der Waals surface area contributed by atoms with Gasteiger partial charge >= 0.3 is 5.97 Å². The van der Waals surface area contributed by atoms with Gasteiger partial charge in [0.25, 0.3) is 11.6 Å². The number of nitro benzene ring substituents is 1. The lowest BCUT2D eigenvalue weighted by Crippen LogP contribution is -2.51. The van der Waals surface area contributed by atoms with Crippen molar-refractivity contribution < 1.29 is 33.9 Å². The maximum Gasteiger partial charge on any atom is 0.306 e. The summed E-state index contributed by atoms with van der Waals surface area (Å²) in [7, 11) is 0. The SMILES string of the molecule is O=C(O)CC1CN(C(=O)CN2C(=O)COc3ccc([N+](=O)[O-])cc32)CCO1. The summed E-state index contributed by atoms with van der Waals surface area (Å²) in [4.78, 5) is 48.6. The monoisotopic (exact) mass is 379 g/mol. The number of morpholine rings is 1. The molecule has 2 aliphatic heterocycles. The highest BCUT2D eigenvalue weighted by Crippen LogP contribution is 2.35. The van der Waals surface area contributed by atoms with Crippen LogP contribution in [-0.2, 0) is 19.1 Å². The number of carboxylic acids is 1. The van der Waals surface area contributed by atoms with Crippen LogP contribution in [0.5, 0.6) is 5.75 Å². The first kappa shape index (κ1) is 18.6. The van der Waals surface area contributed by atoms with Gasteiger partial charge in [-0.2, -0.15) is 0 Å². The van der Waals surface area contributed by atoms with Crippen LogP contribution in [0.3, 0.4) is 0 Å². The average molecular weight is 379 g/mol. The zero-order chi connectivity index (χ0) is 19.6. The Morgan fingerprint density at radius 3 is 2.85 bits per heavy atom. The van der Waals surface area contributed by atoms with Crippen molar-refractivity contribution in [2.45, 2.75) is 12.5 Å². The predicted molar refractivity (Wildman–Crippen MR) is 89.5 cm³/mol. The van der Waals surface area contributed by atoms with Crippen LogP contribution >= 0.6 is 0 Å². The minimum Gasteiger partial charge on any atom is -0.482 e. The molecule has 1 fully saturated rings. The van der Waals surface area contributed by atoms with Crippen LogP contribution in [0.1, 0.15) is 6.42 Å². The number of hydrogen-bond acceptors (Lipinski definition) is 7. The van der Waals surface area contributed by atoms with Gasteiger partial charge in [-0.25, -0.2) is 0 Å². The number of ether oxygens (including phenoxy) is 2. The number of carboxylic acid groups (broad SMARTS) is 1. The molecule has 1 aromatic carbocycles. The van der Waals surface area contributed by atoms with Gasteiger partial charge < -0.3 is 19.5 Å². The van der Waals surface area contributed by atoms with Gasteiger partial charge in [-0.15, -0.1) is 0 Å². The number of carbonyl (C=O) groups excluding carboxylic acids is 2. The Kier molecular flexibility index (Phi) is 5.21. The van der Waals surface area contributed by atoms with Crippen molar-refractivity contribution in [2.24, 2.45) is 0 Å². The van der Waals surface area contributed by atoms with Crippen molar-refractivity contribution in [3.05, 3.63) is 28.3 Å². The molecule has 27 heavy (non-hydrogen) atoms. The quantitative estimate of drug-likeness (QED) is 0.558. The van der Waals surface area contributed by atoms with Gasteiger partial charge in [0, 0.05) is 25.2 Å². The Balaban J connectivity index is 1.76. The summed E-state index contributed by atoms with van der Waals surface area (Å²) in [5.41, 5.74) is -0.0680. The van der Waals surface area contributed by atoms with Crippen LogP contribution in [0.15, 0.2) is 18.2 Å². The van der Waals surface area contributed by atoms with E-state index >= 15 is 0 Å². The molecule has 0 bridgehead atoms. The van der Waals surface area contributed by atoms with Crippen LogP contribution in [0.2, 0.25) is 0 Å². The number of nitro groups is 1. The standard InChI is InChI=1S/C16H17N3O8/c20-14(17-3-4-26-11(7-17)6-16(22)23)8-18-12-5-10(19(24)25)1-2-13(12)27-9-15(18)21/h1-2,5,11H,3-4,6-9H2,(H,22,23). The molecule has 0 spiro atoms. The lowest BCUT2D eigenvalue weighted by molar-refractivity contribution is -0.384. The fourth-order valence-corrected chi connectivity index (χ4v) is 2.98.